The number of carbonyl (C=O) groups excluding carboxylic acids is 2. The molecule has 0 radical (unpaired) electrons. The van der Waals surface area contributed by atoms with Gasteiger partial charge in [-0.15, -0.1) is 0 Å². The van der Waals surface area contributed by atoms with E-state index in [4.69, 9.17) is 32.7 Å². The van der Waals surface area contributed by atoms with E-state index in [9.17, 15) is 9.59 Å². The third kappa shape index (κ3) is 8.14. The van der Waals surface area contributed by atoms with Gasteiger partial charge in [0.05, 0.1) is 32.5 Å². The van der Waals surface area contributed by atoms with Crippen LogP contribution in [0.2, 0.25) is 10.0 Å². The van der Waals surface area contributed by atoms with Crippen LogP contribution in [0.3, 0.4) is 0 Å². The molecule has 0 aromatic heterocycles. The molecule has 0 heterocycles. The van der Waals surface area contributed by atoms with E-state index in [-0.39, 0.29) is 35.9 Å². The monoisotopic (exact) mass is 591 g/mol. The summed E-state index contributed by atoms with van der Waals surface area (Å²) in [7, 11) is 0. The Balaban J connectivity index is 1.88. The number of hydrazone groups is 1. The van der Waals surface area contributed by atoms with Crippen molar-refractivity contribution in [2.24, 2.45) is 5.10 Å². The Labute approximate surface area is 211 Å². The molecule has 0 aliphatic heterocycles. The van der Waals surface area contributed by atoms with Crippen molar-refractivity contribution >= 4 is 63.8 Å². The van der Waals surface area contributed by atoms with Gasteiger partial charge in [0, 0.05) is 18.5 Å². The molecule has 2 aromatic rings. The van der Waals surface area contributed by atoms with Gasteiger partial charge in [-0.25, -0.2) is 5.43 Å². The number of rotatable bonds is 10. The van der Waals surface area contributed by atoms with E-state index in [1.807, 2.05) is 26.8 Å². The Bertz CT molecular complexity index is 999. The molecule has 0 aliphatic rings. The summed E-state index contributed by atoms with van der Waals surface area (Å²) >= 11 is 13.9. The summed E-state index contributed by atoms with van der Waals surface area (Å²) in [6.45, 7) is 6.44. The van der Waals surface area contributed by atoms with Crippen LogP contribution in [-0.2, 0) is 4.79 Å². The maximum Gasteiger partial charge on any atom is 0.251 e. The van der Waals surface area contributed by atoms with Gasteiger partial charge >= 0.3 is 0 Å². The van der Waals surface area contributed by atoms with Gasteiger partial charge in [-0.2, -0.15) is 5.10 Å². The van der Waals surface area contributed by atoms with Crippen LogP contribution >= 0.6 is 45.8 Å². The minimum atomic E-state index is -0.346. The summed E-state index contributed by atoms with van der Waals surface area (Å²) in [6.07, 6.45) is 1.60. The number of hydrogen-bond acceptors (Lipinski definition) is 5. The van der Waals surface area contributed by atoms with Gasteiger partial charge < -0.3 is 14.8 Å². The number of ether oxygens (including phenoxy) is 2. The highest BCUT2D eigenvalue weighted by Crippen LogP contribution is 2.34. The lowest BCUT2D eigenvalue weighted by Crippen LogP contribution is -2.29. The first-order chi connectivity index (χ1) is 15.2. The molecule has 32 heavy (non-hydrogen) atoms. The predicted octanol–water partition coefficient (Wildman–Crippen LogP) is 5.05. The summed E-state index contributed by atoms with van der Waals surface area (Å²) in [5.41, 5.74) is 3.56. The van der Waals surface area contributed by atoms with Gasteiger partial charge in [-0.3, -0.25) is 9.59 Å². The van der Waals surface area contributed by atoms with Crippen molar-refractivity contribution in [3.05, 3.63) is 55.1 Å². The van der Waals surface area contributed by atoms with E-state index in [0.29, 0.717) is 28.7 Å². The minimum Gasteiger partial charge on any atom is -0.490 e. The Kier molecular flexibility index (Phi) is 10.5. The van der Waals surface area contributed by atoms with Crippen molar-refractivity contribution in [3.63, 3.8) is 0 Å². The lowest BCUT2D eigenvalue weighted by Gasteiger charge is -2.16. The van der Waals surface area contributed by atoms with Gasteiger partial charge in [0.1, 0.15) is 0 Å². The standard InChI is InChI=1S/C22H24Cl2IN3O4/c1-4-31-19-10-14(9-18(25)21(19)32-13(2)3)12-27-28-20(29)7-8-26-22(30)15-5-6-16(23)17(24)11-15/h5-6,9-13H,4,7-8H2,1-3H3,(H,26,30)(H,28,29). The number of benzene rings is 2. The maximum atomic E-state index is 12.1. The first-order valence-electron chi connectivity index (χ1n) is 9.89. The largest absolute Gasteiger partial charge is 0.490 e. The zero-order valence-electron chi connectivity index (χ0n) is 17.9. The van der Waals surface area contributed by atoms with Crippen LogP contribution in [0.4, 0.5) is 0 Å². The second-order valence-corrected chi connectivity index (χ2v) is 8.83. The molecule has 0 fully saturated rings. The average Bonchev–Trinajstić information content (AvgIpc) is 2.72. The van der Waals surface area contributed by atoms with Crippen LogP contribution in [0.1, 0.15) is 43.1 Å². The quantitative estimate of drug-likeness (QED) is 0.230. The predicted molar refractivity (Wildman–Crippen MR) is 135 cm³/mol. The van der Waals surface area contributed by atoms with E-state index in [1.165, 1.54) is 12.3 Å². The van der Waals surface area contributed by atoms with E-state index >= 15 is 0 Å². The first kappa shape index (κ1) is 26.2. The summed E-state index contributed by atoms with van der Waals surface area (Å²) in [5, 5.41) is 7.29. The molecule has 10 heteroatoms. The smallest absolute Gasteiger partial charge is 0.251 e. The molecular weight excluding hydrogens is 568 g/mol. The fraction of sp³-hybridized carbons (Fsp3) is 0.318. The number of carbonyl (C=O) groups is 2. The third-order valence-electron chi connectivity index (χ3n) is 3.91. The average molecular weight is 592 g/mol. The zero-order chi connectivity index (χ0) is 23.7. The Morgan fingerprint density at radius 3 is 2.59 bits per heavy atom. The topological polar surface area (TPSA) is 89.0 Å². The summed E-state index contributed by atoms with van der Waals surface area (Å²) in [4.78, 5) is 24.1. The maximum absolute atomic E-state index is 12.1. The van der Waals surface area contributed by atoms with Crippen LogP contribution in [0.25, 0.3) is 0 Å². The second kappa shape index (κ2) is 12.9. The van der Waals surface area contributed by atoms with Crippen molar-refractivity contribution in [1.29, 1.82) is 0 Å². The molecule has 0 atom stereocenters. The van der Waals surface area contributed by atoms with Gasteiger partial charge in [-0.1, -0.05) is 23.2 Å². The fourth-order valence-electron chi connectivity index (χ4n) is 2.54. The molecule has 172 valence electrons. The number of hydrogen-bond donors (Lipinski definition) is 2. The summed E-state index contributed by atoms with van der Waals surface area (Å²) in [6, 6.07) is 8.26. The highest BCUT2D eigenvalue weighted by atomic mass is 127. The van der Waals surface area contributed by atoms with Crippen molar-refractivity contribution in [2.45, 2.75) is 33.3 Å². The summed E-state index contributed by atoms with van der Waals surface area (Å²) < 4.78 is 12.4. The molecule has 2 aromatic carbocycles. The van der Waals surface area contributed by atoms with Gasteiger partial charge in [0.2, 0.25) is 5.91 Å². The second-order valence-electron chi connectivity index (χ2n) is 6.86. The van der Waals surface area contributed by atoms with Crippen molar-refractivity contribution in [1.82, 2.24) is 10.7 Å². The highest BCUT2D eigenvalue weighted by molar-refractivity contribution is 14.1. The summed E-state index contributed by atoms with van der Waals surface area (Å²) in [5.74, 6) is 0.615. The molecule has 0 aliphatic carbocycles. The lowest BCUT2D eigenvalue weighted by atomic mass is 10.2. The molecule has 2 amide bonds. The molecule has 0 unspecified atom stereocenters. The zero-order valence-corrected chi connectivity index (χ0v) is 21.5. The molecule has 0 spiro atoms. The van der Waals surface area contributed by atoms with Gasteiger partial charge in [0.25, 0.3) is 5.91 Å². The van der Waals surface area contributed by atoms with Crippen LogP contribution < -0.4 is 20.2 Å². The van der Waals surface area contributed by atoms with Crippen molar-refractivity contribution in [3.8, 4) is 11.5 Å². The molecular formula is C22H24Cl2IN3O4. The SMILES string of the molecule is CCOc1cc(C=NNC(=O)CCNC(=O)c2ccc(Cl)c(Cl)c2)cc(I)c1OC(C)C. The van der Waals surface area contributed by atoms with Crippen LogP contribution in [-0.4, -0.2) is 37.3 Å². The van der Waals surface area contributed by atoms with Crippen LogP contribution in [0.15, 0.2) is 35.4 Å². The first-order valence-corrected chi connectivity index (χ1v) is 11.7. The molecule has 0 saturated heterocycles. The Morgan fingerprint density at radius 1 is 1.19 bits per heavy atom. The number of amides is 2. The Hall–Kier alpha value is -2.04. The van der Waals surface area contributed by atoms with Crippen molar-refractivity contribution < 1.29 is 19.1 Å². The molecule has 0 bridgehead atoms. The van der Waals surface area contributed by atoms with E-state index in [1.54, 1.807) is 18.2 Å². The normalized spacial score (nSPS) is 11.0. The molecule has 7 nitrogen and oxygen atoms in total. The highest BCUT2D eigenvalue weighted by Gasteiger charge is 2.13. The van der Waals surface area contributed by atoms with E-state index in [2.05, 4.69) is 38.4 Å². The third-order valence-corrected chi connectivity index (χ3v) is 5.45. The molecule has 2 N–H and O–H groups in total. The lowest BCUT2D eigenvalue weighted by molar-refractivity contribution is -0.120. The van der Waals surface area contributed by atoms with Gasteiger partial charge in [0.15, 0.2) is 11.5 Å². The minimum absolute atomic E-state index is 0.0127. The molecule has 0 saturated carbocycles. The Morgan fingerprint density at radius 2 is 1.94 bits per heavy atom. The number of halogens is 3. The van der Waals surface area contributed by atoms with E-state index in [0.717, 1.165) is 9.13 Å². The van der Waals surface area contributed by atoms with Crippen LogP contribution in [0, 0.1) is 3.57 Å². The number of nitrogens with one attached hydrogen (secondary N) is 2. The fourth-order valence-corrected chi connectivity index (χ4v) is 3.59. The van der Waals surface area contributed by atoms with Crippen LogP contribution in [0.5, 0.6) is 11.5 Å². The molecule has 2 rings (SSSR count). The number of nitrogens with zero attached hydrogens (tertiary/aromatic N) is 1. The van der Waals surface area contributed by atoms with Gasteiger partial charge in [-0.05, 0) is 79.3 Å². The van der Waals surface area contributed by atoms with Crippen molar-refractivity contribution in [2.75, 3.05) is 13.2 Å². The van der Waals surface area contributed by atoms with E-state index < -0.39 is 0 Å².